The maximum absolute atomic E-state index is 8.80. The second-order valence-electron chi connectivity index (χ2n) is 7.78. The fourth-order valence-corrected chi connectivity index (χ4v) is 4.46. The summed E-state index contributed by atoms with van der Waals surface area (Å²) in [6.45, 7) is 5.20. The van der Waals surface area contributed by atoms with E-state index in [1.165, 1.54) is 6.42 Å². The van der Waals surface area contributed by atoms with Crippen LogP contribution < -0.4 is 10.2 Å². The van der Waals surface area contributed by atoms with Gasteiger partial charge in [-0.25, -0.2) is 9.97 Å². The molecule has 0 unspecified atom stereocenters. The number of benzene rings is 1. The smallest absolute Gasteiger partial charge is 0.222 e. The fourth-order valence-electron chi connectivity index (χ4n) is 4.05. The van der Waals surface area contributed by atoms with Crippen LogP contribution in [0.5, 0.6) is 0 Å². The van der Waals surface area contributed by atoms with Gasteiger partial charge in [-0.3, -0.25) is 4.90 Å². The summed E-state index contributed by atoms with van der Waals surface area (Å²) in [5.74, 6) is 1.37. The standard InChI is InChI=1S/C21H24Cl2N6/c22-18-2-1-3-19(20(18)23)29-8-6-28(7-9-29)5-4-15-10-17(11-15)27-21-25-13-16(12-24)14-26-21/h1-3,13-15,17H,4-11H2,(H,25,26,27)/t15-,17+. The summed E-state index contributed by atoms with van der Waals surface area (Å²) in [6, 6.07) is 8.31. The van der Waals surface area contributed by atoms with E-state index in [0.717, 1.165) is 57.2 Å². The Labute approximate surface area is 181 Å². The van der Waals surface area contributed by atoms with Crippen LogP contribution in [0, 0.1) is 17.2 Å². The number of nitrogens with zero attached hydrogens (tertiary/aromatic N) is 5. The third-order valence-corrected chi connectivity index (χ3v) is 6.66. The molecule has 1 saturated carbocycles. The molecule has 2 aromatic rings. The summed E-state index contributed by atoms with van der Waals surface area (Å²) in [5.41, 5.74) is 1.52. The molecule has 6 nitrogen and oxygen atoms in total. The van der Waals surface area contributed by atoms with Gasteiger partial charge >= 0.3 is 0 Å². The van der Waals surface area contributed by atoms with E-state index in [1.54, 1.807) is 12.4 Å². The topological polar surface area (TPSA) is 68.1 Å². The minimum absolute atomic E-state index is 0.440. The Balaban J connectivity index is 1.15. The number of hydrogen-bond acceptors (Lipinski definition) is 6. The van der Waals surface area contributed by atoms with Crippen molar-refractivity contribution in [1.29, 1.82) is 5.26 Å². The number of aromatic nitrogens is 2. The molecule has 1 aromatic carbocycles. The van der Waals surface area contributed by atoms with Gasteiger partial charge in [-0.1, -0.05) is 29.3 Å². The number of halogens is 2. The quantitative estimate of drug-likeness (QED) is 0.744. The van der Waals surface area contributed by atoms with Gasteiger partial charge in [-0.2, -0.15) is 5.26 Å². The minimum atomic E-state index is 0.440. The van der Waals surface area contributed by atoms with E-state index < -0.39 is 0 Å². The van der Waals surface area contributed by atoms with Gasteiger partial charge in [0.25, 0.3) is 0 Å². The maximum Gasteiger partial charge on any atom is 0.222 e. The Morgan fingerprint density at radius 1 is 1.10 bits per heavy atom. The molecular weight excluding hydrogens is 407 g/mol. The van der Waals surface area contributed by atoms with Crippen LogP contribution in [0.1, 0.15) is 24.8 Å². The largest absolute Gasteiger partial charge is 0.368 e. The average molecular weight is 431 g/mol. The van der Waals surface area contributed by atoms with Crippen molar-refractivity contribution in [2.75, 3.05) is 42.9 Å². The summed E-state index contributed by atoms with van der Waals surface area (Å²) in [4.78, 5) is 13.2. The van der Waals surface area contributed by atoms with E-state index in [4.69, 9.17) is 28.5 Å². The summed E-state index contributed by atoms with van der Waals surface area (Å²) >= 11 is 12.5. The van der Waals surface area contributed by atoms with Gasteiger partial charge in [-0.15, -0.1) is 0 Å². The molecule has 1 aliphatic carbocycles. The van der Waals surface area contributed by atoms with Crippen LogP contribution in [0.4, 0.5) is 11.6 Å². The maximum atomic E-state index is 8.80. The van der Waals surface area contributed by atoms with Crippen LogP contribution in [0.3, 0.4) is 0 Å². The molecule has 2 heterocycles. The third kappa shape index (κ3) is 4.92. The second-order valence-corrected chi connectivity index (χ2v) is 8.56. The Hall–Kier alpha value is -2.07. The predicted octanol–water partition coefficient (Wildman–Crippen LogP) is 4.06. The first-order valence-electron chi connectivity index (χ1n) is 10.0. The van der Waals surface area contributed by atoms with Crippen LogP contribution in [0.25, 0.3) is 0 Å². The SMILES string of the molecule is N#Cc1cnc(N[C@H]2C[C@@H](CCN3CCN(c4cccc(Cl)c4Cl)CC3)C2)nc1. The molecule has 0 spiro atoms. The van der Waals surface area contributed by atoms with Crippen molar-refractivity contribution in [2.24, 2.45) is 5.92 Å². The minimum Gasteiger partial charge on any atom is -0.368 e. The predicted molar refractivity (Wildman–Crippen MR) is 117 cm³/mol. The molecule has 152 valence electrons. The molecule has 0 bridgehead atoms. The van der Waals surface area contributed by atoms with Crippen molar-refractivity contribution in [1.82, 2.24) is 14.9 Å². The first kappa shape index (κ1) is 20.2. The van der Waals surface area contributed by atoms with E-state index >= 15 is 0 Å². The highest BCUT2D eigenvalue weighted by Crippen LogP contribution is 2.34. The number of piperazine rings is 1. The lowest BCUT2D eigenvalue weighted by molar-refractivity contribution is 0.195. The highest BCUT2D eigenvalue weighted by Gasteiger charge is 2.30. The Kier molecular flexibility index (Phi) is 6.39. The number of anilines is 2. The van der Waals surface area contributed by atoms with E-state index in [2.05, 4.69) is 25.1 Å². The molecule has 29 heavy (non-hydrogen) atoms. The van der Waals surface area contributed by atoms with Crippen molar-refractivity contribution in [3.63, 3.8) is 0 Å². The van der Waals surface area contributed by atoms with Gasteiger partial charge in [0.1, 0.15) is 6.07 Å². The first-order chi connectivity index (χ1) is 14.1. The number of nitriles is 1. The molecule has 8 heteroatoms. The highest BCUT2D eigenvalue weighted by atomic mass is 35.5. The Morgan fingerprint density at radius 3 is 2.52 bits per heavy atom. The molecular formula is C21H24Cl2N6. The average Bonchev–Trinajstić information content (AvgIpc) is 2.72. The molecule has 4 rings (SSSR count). The molecule has 0 radical (unpaired) electrons. The molecule has 2 fully saturated rings. The Bertz CT molecular complexity index is 868. The van der Waals surface area contributed by atoms with Gasteiger partial charge in [0, 0.05) is 32.2 Å². The van der Waals surface area contributed by atoms with Crippen molar-refractivity contribution in [3.05, 3.63) is 46.2 Å². The lowest BCUT2D eigenvalue weighted by Gasteiger charge is -2.39. The molecule has 1 N–H and O–H groups in total. The van der Waals surface area contributed by atoms with Gasteiger partial charge in [0.15, 0.2) is 0 Å². The molecule has 0 atom stereocenters. The van der Waals surface area contributed by atoms with Gasteiger partial charge in [-0.05, 0) is 43.9 Å². The molecule has 1 aromatic heterocycles. The van der Waals surface area contributed by atoms with Crippen LogP contribution in [0.2, 0.25) is 10.0 Å². The number of hydrogen-bond donors (Lipinski definition) is 1. The zero-order valence-corrected chi connectivity index (χ0v) is 17.7. The summed E-state index contributed by atoms with van der Waals surface area (Å²) < 4.78 is 0. The summed E-state index contributed by atoms with van der Waals surface area (Å²) in [5, 5.41) is 13.4. The van der Waals surface area contributed by atoms with Crippen molar-refractivity contribution in [3.8, 4) is 6.07 Å². The normalized spacial score (nSPS) is 22.0. The monoisotopic (exact) mass is 430 g/mol. The van der Waals surface area contributed by atoms with E-state index in [-0.39, 0.29) is 0 Å². The lowest BCUT2D eigenvalue weighted by atomic mass is 9.78. The van der Waals surface area contributed by atoms with Crippen molar-refractivity contribution in [2.45, 2.75) is 25.3 Å². The van der Waals surface area contributed by atoms with E-state index in [9.17, 15) is 0 Å². The van der Waals surface area contributed by atoms with Crippen LogP contribution in [-0.4, -0.2) is 53.6 Å². The van der Waals surface area contributed by atoms with Gasteiger partial charge in [0.05, 0.1) is 33.7 Å². The van der Waals surface area contributed by atoms with Crippen molar-refractivity contribution < 1.29 is 0 Å². The van der Waals surface area contributed by atoms with Crippen LogP contribution >= 0.6 is 23.2 Å². The van der Waals surface area contributed by atoms with E-state index in [0.29, 0.717) is 27.6 Å². The number of rotatable bonds is 6. The van der Waals surface area contributed by atoms with Crippen molar-refractivity contribution >= 4 is 34.8 Å². The highest BCUT2D eigenvalue weighted by molar-refractivity contribution is 6.43. The first-order valence-corrected chi connectivity index (χ1v) is 10.8. The number of nitrogens with one attached hydrogen (secondary N) is 1. The van der Waals surface area contributed by atoms with Crippen LogP contribution in [-0.2, 0) is 0 Å². The van der Waals surface area contributed by atoms with Crippen LogP contribution in [0.15, 0.2) is 30.6 Å². The zero-order chi connectivity index (χ0) is 20.2. The fraction of sp³-hybridized carbons (Fsp3) is 0.476. The van der Waals surface area contributed by atoms with Gasteiger partial charge in [0.2, 0.25) is 5.95 Å². The molecule has 1 saturated heterocycles. The van der Waals surface area contributed by atoms with E-state index in [1.807, 2.05) is 24.3 Å². The molecule has 1 aliphatic heterocycles. The third-order valence-electron chi connectivity index (χ3n) is 5.85. The zero-order valence-electron chi connectivity index (χ0n) is 16.2. The molecule has 2 aliphatic rings. The summed E-state index contributed by atoms with van der Waals surface area (Å²) in [7, 11) is 0. The summed E-state index contributed by atoms with van der Waals surface area (Å²) in [6.07, 6.45) is 6.65. The lowest BCUT2D eigenvalue weighted by Crippen LogP contribution is -2.47. The molecule has 0 amide bonds. The Morgan fingerprint density at radius 2 is 1.83 bits per heavy atom. The van der Waals surface area contributed by atoms with Gasteiger partial charge < -0.3 is 10.2 Å². The second kappa shape index (κ2) is 9.17.